The fourth-order valence-corrected chi connectivity index (χ4v) is 1.66. The molecule has 0 heterocycles. The molecular weight excluding hydrogens is 307 g/mol. The van der Waals surface area contributed by atoms with Crippen molar-refractivity contribution in [2.75, 3.05) is 7.11 Å². The van der Waals surface area contributed by atoms with Gasteiger partial charge in [0, 0.05) is 17.7 Å². The van der Waals surface area contributed by atoms with Gasteiger partial charge in [0.15, 0.2) is 0 Å². The van der Waals surface area contributed by atoms with Crippen LogP contribution >= 0.6 is 11.6 Å². The molecule has 2 rings (SSSR count). The molecule has 0 aromatic heterocycles. The van der Waals surface area contributed by atoms with Gasteiger partial charge in [-0.25, -0.2) is 9.18 Å². The maximum absolute atomic E-state index is 12.8. The van der Waals surface area contributed by atoms with Crippen LogP contribution in [0.25, 0.3) is 0 Å². The van der Waals surface area contributed by atoms with Crippen molar-refractivity contribution in [3.63, 3.8) is 0 Å². The van der Waals surface area contributed by atoms with Crippen LogP contribution in [0.5, 0.6) is 11.5 Å². The van der Waals surface area contributed by atoms with E-state index in [1.54, 1.807) is 14.0 Å². The first kappa shape index (κ1) is 18.0. The highest BCUT2D eigenvalue weighted by Gasteiger charge is 2.02. The van der Waals surface area contributed by atoms with Crippen molar-refractivity contribution >= 4 is 17.0 Å². The first-order chi connectivity index (χ1) is 10.3. The molecule has 0 aliphatic rings. The summed E-state index contributed by atoms with van der Waals surface area (Å²) < 4.78 is 22.3. The molecule has 0 amide bonds. The number of carbonyl (C=O) groups is 1. The van der Waals surface area contributed by atoms with Gasteiger partial charge < -0.3 is 9.47 Å². The monoisotopic (exact) mass is 324 g/mol. The topological polar surface area (TPSA) is 35.5 Å². The Morgan fingerprint density at radius 3 is 2.05 bits per heavy atom. The van der Waals surface area contributed by atoms with Crippen molar-refractivity contribution in [1.82, 2.24) is 0 Å². The first-order valence-electron chi connectivity index (χ1n) is 6.58. The molecule has 0 unspecified atom stereocenters. The quantitative estimate of drug-likeness (QED) is 0.714. The summed E-state index contributed by atoms with van der Waals surface area (Å²) in [4.78, 5) is 10.2. The summed E-state index contributed by atoms with van der Waals surface area (Å²) >= 11 is 4.92. The number of rotatable bonds is 2. The third-order valence-electron chi connectivity index (χ3n) is 3.06. The van der Waals surface area contributed by atoms with Gasteiger partial charge in [0.2, 0.25) is 0 Å². The fourth-order valence-electron chi connectivity index (χ4n) is 1.57. The molecule has 118 valence electrons. The van der Waals surface area contributed by atoms with Crippen molar-refractivity contribution in [2.24, 2.45) is 0 Å². The van der Waals surface area contributed by atoms with Gasteiger partial charge in [-0.15, -0.1) is 0 Å². The second kappa shape index (κ2) is 8.39. The number of aryl methyl sites for hydroxylation is 3. The zero-order valence-electron chi connectivity index (χ0n) is 12.9. The summed E-state index contributed by atoms with van der Waals surface area (Å²) in [5.41, 5.74) is 2.10. The van der Waals surface area contributed by atoms with Gasteiger partial charge in [-0.3, -0.25) is 0 Å². The predicted octanol–water partition coefficient (Wildman–Crippen LogP) is 5.18. The van der Waals surface area contributed by atoms with Gasteiger partial charge in [0.1, 0.15) is 17.3 Å². The number of hydrogen-bond donors (Lipinski definition) is 0. The zero-order chi connectivity index (χ0) is 16.7. The Hall–Kier alpha value is -2.07. The van der Waals surface area contributed by atoms with Crippen LogP contribution in [-0.4, -0.2) is 12.5 Å². The Morgan fingerprint density at radius 1 is 0.955 bits per heavy atom. The first-order valence-corrected chi connectivity index (χ1v) is 6.96. The van der Waals surface area contributed by atoms with Gasteiger partial charge in [-0.1, -0.05) is 12.1 Å². The number of methoxy groups -OCH3 is 1. The van der Waals surface area contributed by atoms with Crippen molar-refractivity contribution in [1.29, 1.82) is 0 Å². The van der Waals surface area contributed by atoms with Gasteiger partial charge >= 0.3 is 5.43 Å². The van der Waals surface area contributed by atoms with Crippen molar-refractivity contribution in [3.05, 3.63) is 58.9 Å². The molecule has 0 spiro atoms. The van der Waals surface area contributed by atoms with E-state index in [0.717, 1.165) is 11.8 Å². The number of hydrogen-bond acceptors (Lipinski definition) is 3. The number of benzene rings is 2. The molecule has 0 aliphatic heterocycles. The molecular formula is C17H18ClFO3. The minimum absolute atomic E-state index is 0.109. The molecule has 22 heavy (non-hydrogen) atoms. The molecule has 0 fully saturated rings. The molecule has 0 bridgehead atoms. The predicted molar refractivity (Wildman–Crippen MR) is 85.5 cm³/mol. The van der Waals surface area contributed by atoms with Gasteiger partial charge in [-0.2, -0.15) is 0 Å². The lowest BCUT2D eigenvalue weighted by Crippen LogP contribution is -1.96. The summed E-state index contributed by atoms with van der Waals surface area (Å²) in [5, 5.41) is 0. The van der Waals surface area contributed by atoms with Crippen molar-refractivity contribution in [2.45, 2.75) is 20.8 Å². The standard InChI is InChI=1S/C9H12O.C8H6ClFO2/c1-7-4-5-9(10-3)6-8(7)2;1-5-2-3-6(4-7(5)10)12-8(9)11/h4-6H,1-3H3;2-4H,1H3. The average Bonchev–Trinajstić information content (AvgIpc) is 2.46. The van der Waals surface area contributed by atoms with E-state index in [4.69, 9.17) is 16.3 Å². The summed E-state index contributed by atoms with van der Waals surface area (Å²) in [6, 6.07) is 10.2. The van der Waals surface area contributed by atoms with E-state index in [9.17, 15) is 9.18 Å². The van der Waals surface area contributed by atoms with Crippen molar-refractivity contribution in [3.8, 4) is 11.5 Å². The van der Waals surface area contributed by atoms with Crippen molar-refractivity contribution < 1.29 is 18.7 Å². The third-order valence-corrected chi connectivity index (χ3v) is 3.13. The van der Waals surface area contributed by atoms with Gasteiger partial charge in [0.25, 0.3) is 0 Å². The number of carbonyl (C=O) groups excluding carboxylic acids is 1. The number of ether oxygens (including phenoxy) is 2. The highest BCUT2D eigenvalue weighted by Crippen LogP contribution is 2.16. The Bertz CT molecular complexity index is 656. The van der Waals surface area contributed by atoms with Crippen LogP contribution in [-0.2, 0) is 0 Å². The maximum Gasteiger partial charge on any atom is 0.409 e. The molecule has 5 heteroatoms. The van der Waals surface area contributed by atoms with Crippen LogP contribution in [0.2, 0.25) is 0 Å². The number of halogens is 2. The van der Waals surface area contributed by atoms with E-state index < -0.39 is 11.2 Å². The van der Waals surface area contributed by atoms with Crippen LogP contribution in [0.15, 0.2) is 36.4 Å². The summed E-state index contributed by atoms with van der Waals surface area (Å²) in [7, 11) is 1.68. The fraction of sp³-hybridized carbons (Fsp3) is 0.235. The minimum atomic E-state index is -0.974. The summed E-state index contributed by atoms with van der Waals surface area (Å²) in [5.74, 6) is 0.617. The highest BCUT2D eigenvalue weighted by molar-refractivity contribution is 6.61. The molecule has 3 nitrogen and oxygen atoms in total. The van der Waals surface area contributed by atoms with Gasteiger partial charge in [0.05, 0.1) is 7.11 Å². The lowest BCUT2D eigenvalue weighted by Gasteiger charge is -2.02. The molecule has 2 aromatic carbocycles. The summed E-state index contributed by atoms with van der Waals surface area (Å²) in [6.45, 7) is 5.79. The Balaban J connectivity index is 0.000000224. The summed E-state index contributed by atoms with van der Waals surface area (Å²) in [6.07, 6.45) is 0. The molecule has 0 atom stereocenters. The van der Waals surface area contributed by atoms with Crippen LogP contribution in [0, 0.1) is 26.6 Å². The van der Waals surface area contributed by atoms with Crippen LogP contribution in [0.1, 0.15) is 16.7 Å². The molecule has 0 aliphatic carbocycles. The van der Waals surface area contributed by atoms with E-state index in [2.05, 4.69) is 24.7 Å². The van der Waals surface area contributed by atoms with E-state index in [-0.39, 0.29) is 5.75 Å². The molecule has 0 radical (unpaired) electrons. The lowest BCUT2D eigenvalue weighted by atomic mass is 10.1. The van der Waals surface area contributed by atoms with Gasteiger partial charge in [-0.05, 0) is 55.7 Å². The minimum Gasteiger partial charge on any atom is -0.497 e. The Kier molecular flexibility index (Phi) is 6.86. The largest absolute Gasteiger partial charge is 0.497 e. The molecule has 0 N–H and O–H groups in total. The van der Waals surface area contributed by atoms with Crippen LogP contribution in [0.3, 0.4) is 0 Å². The SMILES string of the molecule is COc1ccc(C)c(C)c1.Cc1ccc(OC(=O)Cl)cc1F. The van der Waals surface area contributed by atoms with Crippen LogP contribution < -0.4 is 9.47 Å². The molecule has 0 saturated heterocycles. The normalized spacial score (nSPS) is 9.55. The van der Waals surface area contributed by atoms with E-state index in [1.165, 1.54) is 23.3 Å². The molecule has 2 aromatic rings. The Labute approximate surface area is 134 Å². The van der Waals surface area contributed by atoms with Crippen LogP contribution in [0.4, 0.5) is 9.18 Å². The third kappa shape index (κ3) is 5.74. The second-order valence-electron chi connectivity index (χ2n) is 4.70. The lowest BCUT2D eigenvalue weighted by molar-refractivity contribution is 0.225. The zero-order valence-corrected chi connectivity index (χ0v) is 13.7. The molecule has 0 saturated carbocycles. The Morgan fingerprint density at radius 2 is 1.55 bits per heavy atom. The highest BCUT2D eigenvalue weighted by atomic mass is 35.5. The maximum atomic E-state index is 12.8. The smallest absolute Gasteiger partial charge is 0.409 e. The van der Waals surface area contributed by atoms with E-state index in [1.807, 2.05) is 12.1 Å². The second-order valence-corrected chi connectivity index (χ2v) is 5.01. The van der Waals surface area contributed by atoms with E-state index >= 15 is 0 Å². The average molecular weight is 325 g/mol. The van der Waals surface area contributed by atoms with E-state index in [0.29, 0.717) is 5.56 Å².